The molecule has 1 unspecified atom stereocenters. The fraction of sp³-hybridized carbons (Fsp3) is 0.917. The average Bonchev–Trinajstić information content (AvgIpc) is 2.34. The smallest absolute Gasteiger partial charge is 0.305 e. The van der Waals surface area contributed by atoms with E-state index in [1.807, 2.05) is 6.92 Å². The maximum absolute atomic E-state index is 11.2. The van der Waals surface area contributed by atoms with Crippen molar-refractivity contribution in [3.05, 3.63) is 0 Å². The topological polar surface area (TPSA) is 80.0 Å². The minimum absolute atomic E-state index is 0.0260. The third-order valence-electron chi connectivity index (χ3n) is 2.10. The molecule has 0 amide bonds. The Balaban J connectivity index is 3.12. The second-order valence-corrected chi connectivity index (χ2v) is 3.95. The first-order chi connectivity index (χ1) is 8.66. The minimum Gasteiger partial charge on any atom is -0.463 e. The maximum Gasteiger partial charge on any atom is 0.305 e. The molecule has 0 rings (SSSR count). The summed E-state index contributed by atoms with van der Waals surface area (Å²) in [6.07, 6.45) is 1.00. The number of hydrogen-bond acceptors (Lipinski definition) is 6. The van der Waals surface area contributed by atoms with Gasteiger partial charge in [0.25, 0.3) is 0 Å². The van der Waals surface area contributed by atoms with Gasteiger partial charge in [-0.1, -0.05) is 0 Å². The third kappa shape index (κ3) is 13.4. The average molecular weight is 263 g/mol. The normalized spacial score (nSPS) is 12.4. The zero-order chi connectivity index (χ0) is 13.6. The van der Waals surface area contributed by atoms with E-state index in [1.165, 1.54) is 0 Å². The van der Waals surface area contributed by atoms with E-state index in [0.717, 1.165) is 0 Å². The lowest BCUT2D eigenvalue weighted by Crippen LogP contribution is -2.18. The first kappa shape index (κ1) is 17.3. The molecule has 0 aromatic carbocycles. The van der Waals surface area contributed by atoms with Gasteiger partial charge in [-0.3, -0.25) is 4.79 Å². The summed E-state index contributed by atoms with van der Waals surface area (Å²) in [5, 5.41) is 0. The molecule has 0 radical (unpaired) electrons. The Morgan fingerprint density at radius 2 is 1.61 bits per heavy atom. The standard InChI is InChI=1S/C12H25NO5/c1-11(13)3-4-12(14)18-10-9-17-8-7-16-6-5-15-2/h11H,3-10,13H2,1-2H3. The van der Waals surface area contributed by atoms with Gasteiger partial charge in [0.15, 0.2) is 0 Å². The van der Waals surface area contributed by atoms with Gasteiger partial charge in [0.2, 0.25) is 0 Å². The Morgan fingerprint density at radius 3 is 2.17 bits per heavy atom. The molecule has 108 valence electrons. The van der Waals surface area contributed by atoms with Crippen LogP contribution in [0.1, 0.15) is 19.8 Å². The number of carbonyl (C=O) groups excluding carboxylic acids is 1. The highest BCUT2D eigenvalue weighted by Gasteiger charge is 2.04. The predicted molar refractivity (Wildman–Crippen MR) is 67.4 cm³/mol. The Kier molecular flexibility index (Phi) is 12.3. The molecule has 0 bridgehead atoms. The molecule has 18 heavy (non-hydrogen) atoms. The van der Waals surface area contributed by atoms with Crippen molar-refractivity contribution in [2.75, 3.05) is 46.8 Å². The molecule has 0 aliphatic rings. The van der Waals surface area contributed by atoms with E-state index in [0.29, 0.717) is 45.9 Å². The molecular formula is C12H25NO5. The van der Waals surface area contributed by atoms with Crippen molar-refractivity contribution in [1.82, 2.24) is 0 Å². The summed E-state index contributed by atoms with van der Waals surface area (Å²) < 4.78 is 20.2. The summed E-state index contributed by atoms with van der Waals surface area (Å²) in [6.45, 7) is 4.67. The van der Waals surface area contributed by atoms with Crippen molar-refractivity contribution in [1.29, 1.82) is 0 Å². The molecule has 0 aromatic heterocycles. The van der Waals surface area contributed by atoms with Crippen molar-refractivity contribution in [2.24, 2.45) is 5.73 Å². The summed E-state index contributed by atoms with van der Waals surface area (Å²) in [7, 11) is 1.62. The van der Waals surface area contributed by atoms with E-state index in [4.69, 9.17) is 24.7 Å². The van der Waals surface area contributed by atoms with Crippen LogP contribution in [0.4, 0.5) is 0 Å². The maximum atomic E-state index is 11.2. The number of nitrogens with two attached hydrogens (primary N) is 1. The van der Waals surface area contributed by atoms with Crippen LogP contribution in [-0.2, 0) is 23.7 Å². The highest BCUT2D eigenvalue weighted by molar-refractivity contribution is 5.69. The number of rotatable bonds is 12. The lowest BCUT2D eigenvalue weighted by Gasteiger charge is -2.07. The van der Waals surface area contributed by atoms with Crippen LogP contribution in [0.5, 0.6) is 0 Å². The number of hydrogen-bond donors (Lipinski definition) is 1. The van der Waals surface area contributed by atoms with E-state index in [1.54, 1.807) is 7.11 Å². The van der Waals surface area contributed by atoms with Crippen molar-refractivity contribution in [2.45, 2.75) is 25.8 Å². The minimum atomic E-state index is -0.229. The third-order valence-corrected chi connectivity index (χ3v) is 2.10. The largest absolute Gasteiger partial charge is 0.463 e. The number of ether oxygens (including phenoxy) is 4. The van der Waals surface area contributed by atoms with Crippen LogP contribution in [0.2, 0.25) is 0 Å². The van der Waals surface area contributed by atoms with Crippen molar-refractivity contribution in [3.63, 3.8) is 0 Å². The molecule has 0 heterocycles. The van der Waals surface area contributed by atoms with Crippen LogP contribution in [-0.4, -0.2) is 58.8 Å². The number of esters is 1. The van der Waals surface area contributed by atoms with Gasteiger partial charge in [-0.15, -0.1) is 0 Å². The van der Waals surface area contributed by atoms with Gasteiger partial charge < -0.3 is 24.7 Å². The fourth-order valence-corrected chi connectivity index (χ4v) is 1.10. The monoisotopic (exact) mass is 263 g/mol. The van der Waals surface area contributed by atoms with E-state index in [-0.39, 0.29) is 18.6 Å². The summed E-state index contributed by atoms with van der Waals surface area (Å²) in [5.41, 5.74) is 5.53. The molecule has 2 N–H and O–H groups in total. The summed E-state index contributed by atoms with van der Waals surface area (Å²) in [6, 6.07) is 0.0260. The Labute approximate surface area is 109 Å². The van der Waals surface area contributed by atoms with Gasteiger partial charge in [0.05, 0.1) is 33.0 Å². The highest BCUT2D eigenvalue weighted by atomic mass is 16.6. The van der Waals surface area contributed by atoms with Crippen LogP contribution in [0.25, 0.3) is 0 Å². The van der Waals surface area contributed by atoms with E-state index < -0.39 is 0 Å². The Bertz CT molecular complexity index is 199. The van der Waals surface area contributed by atoms with Gasteiger partial charge in [0.1, 0.15) is 6.61 Å². The molecule has 0 saturated heterocycles. The molecule has 0 saturated carbocycles. The quantitative estimate of drug-likeness (QED) is 0.404. The van der Waals surface area contributed by atoms with Gasteiger partial charge in [-0.2, -0.15) is 0 Å². The SMILES string of the molecule is COCCOCCOCCOC(=O)CCC(C)N. The second-order valence-electron chi connectivity index (χ2n) is 3.95. The Hall–Kier alpha value is -0.690. The van der Waals surface area contributed by atoms with Gasteiger partial charge in [-0.05, 0) is 13.3 Å². The highest BCUT2D eigenvalue weighted by Crippen LogP contribution is 1.95. The van der Waals surface area contributed by atoms with Crippen LogP contribution in [0, 0.1) is 0 Å². The first-order valence-corrected chi connectivity index (χ1v) is 6.22. The van der Waals surface area contributed by atoms with Gasteiger partial charge >= 0.3 is 5.97 Å². The molecule has 0 spiro atoms. The van der Waals surface area contributed by atoms with Crippen molar-refractivity contribution < 1.29 is 23.7 Å². The van der Waals surface area contributed by atoms with Crippen molar-refractivity contribution in [3.8, 4) is 0 Å². The number of carbonyl (C=O) groups is 1. The van der Waals surface area contributed by atoms with E-state index in [2.05, 4.69) is 0 Å². The van der Waals surface area contributed by atoms with Gasteiger partial charge in [-0.25, -0.2) is 0 Å². The molecule has 0 fully saturated rings. The molecule has 0 aliphatic carbocycles. The zero-order valence-electron chi connectivity index (χ0n) is 11.4. The molecule has 6 nitrogen and oxygen atoms in total. The summed E-state index contributed by atoms with van der Waals surface area (Å²) in [4.78, 5) is 11.2. The second kappa shape index (κ2) is 12.8. The zero-order valence-corrected chi connectivity index (χ0v) is 11.4. The van der Waals surface area contributed by atoms with Crippen LogP contribution in [0.15, 0.2) is 0 Å². The molecule has 1 atom stereocenters. The molecular weight excluding hydrogens is 238 g/mol. The van der Waals surface area contributed by atoms with Crippen LogP contribution in [0.3, 0.4) is 0 Å². The number of methoxy groups -OCH3 is 1. The predicted octanol–water partition coefficient (Wildman–Crippen LogP) is 0.337. The van der Waals surface area contributed by atoms with E-state index in [9.17, 15) is 4.79 Å². The van der Waals surface area contributed by atoms with Gasteiger partial charge in [0, 0.05) is 19.6 Å². The van der Waals surface area contributed by atoms with Crippen LogP contribution < -0.4 is 5.73 Å². The van der Waals surface area contributed by atoms with E-state index >= 15 is 0 Å². The van der Waals surface area contributed by atoms with Crippen molar-refractivity contribution >= 4 is 5.97 Å². The summed E-state index contributed by atoms with van der Waals surface area (Å²) in [5.74, 6) is -0.229. The lowest BCUT2D eigenvalue weighted by molar-refractivity contribution is -0.145. The molecule has 0 aromatic rings. The molecule has 0 aliphatic heterocycles. The first-order valence-electron chi connectivity index (χ1n) is 6.22. The Morgan fingerprint density at radius 1 is 1.06 bits per heavy atom. The lowest BCUT2D eigenvalue weighted by atomic mass is 10.2. The molecule has 6 heteroatoms. The summed E-state index contributed by atoms with van der Waals surface area (Å²) >= 11 is 0. The van der Waals surface area contributed by atoms with Crippen LogP contribution >= 0.6 is 0 Å². The fourth-order valence-electron chi connectivity index (χ4n) is 1.10.